The molecule has 0 saturated carbocycles. The van der Waals surface area contributed by atoms with Crippen molar-refractivity contribution in [1.29, 1.82) is 0 Å². The van der Waals surface area contributed by atoms with Gasteiger partial charge in [0.2, 0.25) is 17.2 Å². The number of hydrogen-bond donors (Lipinski definition) is 0. The molecular formula is C60H60N3O19P. The highest BCUT2D eigenvalue weighted by molar-refractivity contribution is 7.49. The fourth-order valence-electron chi connectivity index (χ4n) is 10.1. The summed E-state index contributed by atoms with van der Waals surface area (Å²) in [5.41, 5.74) is 3.09. The van der Waals surface area contributed by atoms with Gasteiger partial charge in [-0.2, -0.15) is 4.57 Å². The van der Waals surface area contributed by atoms with Crippen LogP contribution in [0.4, 0.5) is 17.1 Å². The fraction of sp³-hybridized carbons (Fsp3) is 0.250. The Bertz CT molecular complexity index is 3230. The summed E-state index contributed by atoms with van der Waals surface area (Å²) >= 11 is 0. The molecule has 3 aliphatic rings. The Morgan fingerprint density at radius 1 is 0.313 bits per heavy atom. The van der Waals surface area contributed by atoms with Gasteiger partial charge in [0.05, 0.1) is 121 Å². The topological polar surface area (TPSA) is 216 Å². The molecule has 3 fully saturated rings. The van der Waals surface area contributed by atoms with E-state index in [-0.39, 0.29) is 51.2 Å². The van der Waals surface area contributed by atoms with Crippen LogP contribution in [0.3, 0.4) is 0 Å². The van der Waals surface area contributed by atoms with Gasteiger partial charge in [0.25, 0.3) is 17.7 Å². The molecule has 0 aromatic heterocycles. The van der Waals surface area contributed by atoms with Crippen molar-refractivity contribution in [2.75, 3.05) is 100 Å². The third-order valence-electron chi connectivity index (χ3n) is 14.2. The van der Waals surface area contributed by atoms with Crippen LogP contribution in [0.2, 0.25) is 0 Å². The number of methoxy groups -OCH3 is 12. The lowest BCUT2D eigenvalue weighted by molar-refractivity contribution is -0.119. The molecule has 3 heterocycles. The van der Waals surface area contributed by atoms with Crippen molar-refractivity contribution in [2.45, 2.75) is 18.1 Å². The molecule has 83 heavy (non-hydrogen) atoms. The number of hydrogen-bond acceptors (Lipinski definition) is 19. The van der Waals surface area contributed by atoms with E-state index in [9.17, 15) is 14.4 Å². The van der Waals surface area contributed by atoms with Crippen molar-refractivity contribution in [1.82, 2.24) is 0 Å². The average molecular weight is 1160 g/mol. The van der Waals surface area contributed by atoms with Crippen molar-refractivity contribution in [3.8, 4) is 86.2 Å². The molecule has 6 aromatic carbocycles. The van der Waals surface area contributed by atoms with Crippen LogP contribution in [0.1, 0.15) is 34.8 Å². The zero-order chi connectivity index (χ0) is 59.8. The lowest BCUT2D eigenvalue weighted by Gasteiger charge is -2.43. The Hall–Kier alpha value is -9.82. The van der Waals surface area contributed by atoms with Crippen LogP contribution in [-0.2, 0) is 18.9 Å². The third-order valence-corrected chi connectivity index (χ3v) is 15.4. The number of benzene rings is 6. The summed E-state index contributed by atoms with van der Waals surface area (Å²) in [5, 5.41) is 0. The summed E-state index contributed by atoms with van der Waals surface area (Å²) in [6, 6.07) is 21.5. The Morgan fingerprint density at radius 2 is 0.530 bits per heavy atom. The Labute approximate surface area is 478 Å². The molecule has 23 heteroatoms. The van der Waals surface area contributed by atoms with Crippen LogP contribution < -0.4 is 85.1 Å². The van der Waals surface area contributed by atoms with E-state index in [4.69, 9.17) is 70.4 Å². The van der Waals surface area contributed by atoms with E-state index in [1.165, 1.54) is 118 Å². The molecule has 6 aromatic rings. The number of amides is 3. The molecule has 3 aliphatic heterocycles. The van der Waals surface area contributed by atoms with Crippen molar-refractivity contribution in [3.63, 3.8) is 0 Å². The number of carbonyl (C=O) groups excluding carboxylic acids is 3. The SMILES string of the molecule is C=C1C(=O)N(c2cc(OC)c(OC)c(OC)c2)C1c1ccc(OC)c(OP(=O)(Oc2cc(C3C(=C)C(=O)N3c3cc(OC)c(OC)c(OC)c3)ccc2OC)Oc2cc(C3C(=C)C(=O)N3c3cc(OC)c(OC)c(OC)c3)ccc2OC)c1. The lowest BCUT2D eigenvalue weighted by atomic mass is 9.88. The average Bonchev–Trinajstić information content (AvgIpc) is 3.70. The van der Waals surface area contributed by atoms with Gasteiger partial charge in [-0.15, -0.1) is 0 Å². The number of carbonyl (C=O) groups is 3. The number of ether oxygens (including phenoxy) is 12. The summed E-state index contributed by atoms with van der Waals surface area (Å²) in [7, 11) is 12.0. The molecule has 3 saturated heterocycles. The Kier molecular flexibility index (Phi) is 16.3. The molecule has 434 valence electrons. The van der Waals surface area contributed by atoms with E-state index >= 15 is 4.57 Å². The number of phosphoric acid groups is 1. The number of phosphoric ester groups is 1. The monoisotopic (exact) mass is 1160 g/mol. The van der Waals surface area contributed by atoms with Gasteiger partial charge in [-0.25, -0.2) is 0 Å². The maximum absolute atomic E-state index is 16.2. The molecule has 0 aliphatic carbocycles. The second-order valence-electron chi connectivity index (χ2n) is 18.4. The summed E-state index contributed by atoms with van der Waals surface area (Å²) in [6.45, 7) is 12.3. The fourth-order valence-corrected chi connectivity index (χ4v) is 11.4. The first-order valence-corrected chi connectivity index (χ1v) is 26.6. The number of rotatable bonds is 24. The quantitative estimate of drug-likeness (QED) is 0.0313. The zero-order valence-corrected chi connectivity index (χ0v) is 48.5. The van der Waals surface area contributed by atoms with Gasteiger partial charge in [-0.1, -0.05) is 37.9 Å². The van der Waals surface area contributed by atoms with Crippen LogP contribution in [0.15, 0.2) is 127 Å². The van der Waals surface area contributed by atoms with Gasteiger partial charge in [0.15, 0.2) is 69.0 Å². The van der Waals surface area contributed by atoms with Gasteiger partial charge in [0.1, 0.15) is 0 Å². The first-order chi connectivity index (χ1) is 39.9. The predicted octanol–water partition coefficient (Wildman–Crippen LogP) is 10.4. The van der Waals surface area contributed by atoms with Crippen molar-refractivity contribution >= 4 is 42.6 Å². The Balaban J connectivity index is 1.16. The normalized spacial score (nSPS) is 17.0. The maximum atomic E-state index is 16.2. The van der Waals surface area contributed by atoms with E-state index in [1.54, 1.807) is 72.8 Å². The predicted molar refractivity (Wildman–Crippen MR) is 305 cm³/mol. The summed E-state index contributed by atoms with van der Waals surface area (Å²) in [5.74, 6) is 1.16. The van der Waals surface area contributed by atoms with Crippen LogP contribution >= 0.6 is 7.82 Å². The van der Waals surface area contributed by atoms with Crippen molar-refractivity contribution in [3.05, 3.63) is 144 Å². The van der Waals surface area contributed by atoms with Gasteiger partial charge in [-0.05, 0) is 53.1 Å². The summed E-state index contributed by atoms with van der Waals surface area (Å²) in [6.07, 6.45) is 0. The molecular weight excluding hydrogens is 1100 g/mol. The van der Waals surface area contributed by atoms with Gasteiger partial charge in [-0.3, -0.25) is 29.1 Å². The van der Waals surface area contributed by atoms with Crippen LogP contribution in [0.5, 0.6) is 86.2 Å². The van der Waals surface area contributed by atoms with E-state index in [2.05, 4.69) is 19.7 Å². The lowest BCUT2D eigenvalue weighted by Crippen LogP contribution is -2.48. The Morgan fingerprint density at radius 3 is 0.723 bits per heavy atom. The second-order valence-corrected chi connectivity index (χ2v) is 19.9. The van der Waals surface area contributed by atoms with E-state index in [0.29, 0.717) is 85.5 Å². The molecule has 9 rings (SSSR count). The van der Waals surface area contributed by atoms with Crippen LogP contribution in [0.25, 0.3) is 0 Å². The largest absolute Gasteiger partial charge is 0.647 e. The van der Waals surface area contributed by atoms with E-state index in [0.717, 1.165) is 0 Å². The zero-order valence-electron chi connectivity index (χ0n) is 47.6. The van der Waals surface area contributed by atoms with Gasteiger partial charge < -0.3 is 70.4 Å². The number of anilines is 3. The van der Waals surface area contributed by atoms with Gasteiger partial charge in [0, 0.05) is 53.1 Å². The van der Waals surface area contributed by atoms with E-state index in [1.807, 2.05) is 0 Å². The molecule has 3 atom stereocenters. The van der Waals surface area contributed by atoms with Crippen LogP contribution in [0, 0.1) is 0 Å². The maximum Gasteiger partial charge on any atom is 0.647 e. The molecule has 3 unspecified atom stereocenters. The first-order valence-electron chi connectivity index (χ1n) is 25.1. The molecule has 0 N–H and O–H groups in total. The van der Waals surface area contributed by atoms with Crippen molar-refractivity contribution < 1.29 is 89.4 Å². The summed E-state index contributed by atoms with van der Waals surface area (Å²) in [4.78, 5) is 45.7. The molecule has 22 nitrogen and oxygen atoms in total. The number of β-lactam (4-membered cyclic amide) rings is 3. The first kappa shape index (κ1) is 57.9. The minimum absolute atomic E-state index is 0.0637. The highest BCUT2D eigenvalue weighted by Gasteiger charge is 2.48. The smallest absolute Gasteiger partial charge is 0.493 e. The van der Waals surface area contributed by atoms with Crippen LogP contribution in [-0.4, -0.2) is 103 Å². The number of nitrogens with zero attached hydrogens (tertiary/aromatic N) is 3. The highest BCUT2D eigenvalue weighted by Crippen LogP contribution is 2.58. The van der Waals surface area contributed by atoms with E-state index < -0.39 is 43.7 Å². The molecule has 3 amide bonds. The second kappa shape index (κ2) is 23.3. The van der Waals surface area contributed by atoms with Gasteiger partial charge >= 0.3 is 7.82 Å². The standard InChI is InChI=1S/C60H60N3O19P/c1-31-52(61(58(31)64)37-25-46(71-7)55(77-13)47(26-37)72-8)34-16-19-40(68-4)43(22-34)80-83(67,81-44-23-35(17-20-41(44)69-5)53-32(2)59(65)62(53)38-27-48(73-9)56(78-14)49(28-38)74-10)82-45-24-36(18-21-42(45)70-6)54-33(3)60(66)63(54)39-29-50(75-11)57(79-15)51(30-39)76-12/h16-30,52-54H,1-3H2,4-15H3. The molecule has 0 spiro atoms. The third kappa shape index (κ3) is 10.0. The van der Waals surface area contributed by atoms with Crippen molar-refractivity contribution in [2.24, 2.45) is 0 Å². The summed E-state index contributed by atoms with van der Waals surface area (Å²) < 4.78 is 103. The molecule has 0 radical (unpaired) electrons. The highest BCUT2D eigenvalue weighted by atomic mass is 31.2. The minimum atomic E-state index is -5.21. The minimum Gasteiger partial charge on any atom is -0.493 e. The molecule has 0 bridgehead atoms.